The Hall–Kier alpha value is -1.10. The Morgan fingerprint density at radius 2 is 2.29 bits per heavy atom. The number of aliphatic carboxylic acids is 1. The topological polar surface area (TPSA) is 46.5 Å². The standard InChI is InChI=1S/C9H8BrFO3/c1-5-2-3-6(10)9(8(5)11)14-4-7(12)13/h2-3H,4H2,1H3,(H,12,13). The van der Waals surface area contributed by atoms with E-state index in [2.05, 4.69) is 15.9 Å². The quantitative estimate of drug-likeness (QED) is 0.910. The Morgan fingerprint density at radius 1 is 1.64 bits per heavy atom. The van der Waals surface area contributed by atoms with E-state index in [4.69, 9.17) is 9.84 Å². The average Bonchev–Trinajstić information content (AvgIpc) is 2.11. The number of benzene rings is 1. The molecule has 0 spiro atoms. The monoisotopic (exact) mass is 262 g/mol. The molecule has 76 valence electrons. The van der Waals surface area contributed by atoms with Gasteiger partial charge < -0.3 is 9.84 Å². The van der Waals surface area contributed by atoms with Crippen molar-refractivity contribution in [3.8, 4) is 5.75 Å². The van der Waals surface area contributed by atoms with Crippen LogP contribution < -0.4 is 4.74 Å². The predicted octanol–water partition coefficient (Wildman–Crippen LogP) is 2.36. The van der Waals surface area contributed by atoms with Crippen molar-refractivity contribution in [2.24, 2.45) is 0 Å². The van der Waals surface area contributed by atoms with Crippen molar-refractivity contribution in [1.29, 1.82) is 0 Å². The minimum absolute atomic E-state index is 0.0626. The van der Waals surface area contributed by atoms with E-state index in [0.717, 1.165) is 0 Å². The summed E-state index contributed by atoms with van der Waals surface area (Å²) in [7, 11) is 0. The summed E-state index contributed by atoms with van der Waals surface area (Å²) in [5.74, 6) is -1.74. The first-order valence-electron chi connectivity index (χ1n) is 3.81. The minimum atomic E-state index is -1.14. The third-order valence-electron chi connectivity index (χ3n) is 1.58. The van der Waals surface area contributed by atoms with E-state index in [9.17, 15) is 9.18 Å². The van der Waals surface area contributed by atoms with E-state index >= 15 is 0 Å². The molecule has 0 atom stereocenters. The van der Waals surface area contributed by atoms with Crippen molar-refractivity contribution in [3.63, 3.8) is 0 Å². The molecular weight excluding hydrogens is 255 g/mol. The summed E-state index contributed by atoms with van der Waals surface area (Å²) in [4.78, 5) is 10.2. The maximum atomic E-state index is 13.4. The van der Waals surface area contributed by atoms with Crippen molar-refractivity contribution in [2.45, 2.75) is 6.92 Å². The second-order valence-electron chi connectivity index (χ2n) is 2.69. The fourth-order valence-corrected chi connectivity index (χ4v) is 1.32. The Balaban J connectivity index is 2.95. The summed E-state index contributed by atoms with van der Waals surface area (Å²) >= 11 is 3.07. The van der Waals surface area contributed by atoms with Crippen LogP contribution in [0.4, 0.5) is 4.39 Å². The van der Waals surface area contributed by atoms with Gasteiger partial charge >= 0.3 is 5.97 Å². The minimum Gasteiger partial charge on any atom is -0.479 e. The zero-order valence-corrected chi connectivity index (χ0v) is 8.97. The van der Waals surface area contributed by atoms with Crippen LogP contribution in [0.5, 0.6) is 5.75 Å². The third kappa shape index (κ3) is 2.45. The molecule has 0 unspecified atom stereocenters. The van der Waals surface area contributed by atoms with Crippen molar-refractivity contribution in [3.05, 3.63) is 28.0 Å². The van der Waals surface area contributed by atoms with Gasteiger partial charge in [0.25, 0.3) is 0 Å². The summed E-state index contributed by atoms with van der Waals surface area (Å²) in [5.41, 5.74) is 0.411. The lowest BCUT2D eigenvalue weighted by Gasteiger charge is -2.08. The number of rotatable bonds is 3. The highest BCUT2D eigenvalue weighted by atomic mass is 79.9. The molecule has 0 radical (unpaired) electrons. The number of carboxylic acids is 1. The Bertz CT molecular complexity index is 365. The lowest BCUT2D eigenvalue weighted by molar-refractivity contribution is -0.139. The highest BCUT2D eigenvalue weighted by Gasteiger charge is 2.12. The number of hydrogen-bond acceptors (Lipinski definition) is 2. The molecule has 0 aliphatic carbocycles. The molecule has 1 aromatic rings. The van der Waals surface area contributed by atoms with E-state index < -0.39 is 18.4 Å². The van der Waals surface area contributed by atoms with Crippen molar-refractivity contribution in [1.82, 2.24) is 0 Å². The van der Waals surface area contributed by atoms with Gasteiger partial charge in [-0.15, -0.1) is 0 Å². The number of aryl methyl sites for hydroxylation is 1. The maximum absolute atomic E-state index is 13.4. The zero-order chi connectivity index (χ0) is 10.7. The molecule has 0 heterocycles. The lowest BCUT2D eigenvalue weighted by Crippen LogP contribution is -2.11. The van der Waals surface area contributed by atoms with Crippen LogP contribution >= 0.6 is 15.9 Å². The molecule has 5 heteroatoms. The first-order chi connectivity index (χ1) is 6.52. The van der Waals surface area contributed by atoms with Gasteiger partial charge in [0.15, 0.2) is 18.2 Å². The molecule has 0 aromatic heterocycles. The highest BCUT2D eigenvalue weighted by Crippen LogP contribution is 2.29. The van der Waals surface area contributed by atoms with Gasteiger partial charge in [-0.3, -0.25) is 0 Å². The van der Waals surface area contributed by atoms with Gasteiger partial charge in [0.05, 0.1) is 4.47 Å². The largest absolute Gasteiger partial charge is 0.479 e. The summed E-state index contributed by atoms with van der Waals surface area (Å²) in [6.45, 7) is 1.02. The second-order valence-corrected chi connectivity index (χ2v) is 3.54. The fourth-order valence-electron chi connectivity index (χ4n) is 0.897. The first kappa shape index (κ1) is 11.0. The Kier molecular flexibility index (Phi) is 3.46. The van der Waals surface area contributed by atoms with Crippen LogP contribution in [0, 0.1) is 12.7 Å². The normalized spacial score (nSPS) is 9.93. The van der Waals surface area contributed by atoms with Crippen LogP contribution in [0.25, 0.3) is 0 Å². The number of hydrogen-bond donors (Lipinski definition) is 1. The van der Waals surface area contributed by atoms with Crippen molar-refractivity contribution >= 4 is 21.9 Å². The zero-order valence-electron chi connectivity index (χ0n) is 7.38. The smallest absolute Gasteiger partial charge is 0.341 e. The van der Waals surface area contributed by atoms with E-state index in [1.165, 1.54) is 0 Å². The molecule has 0 fully saturated rings. The number of carbonyl (C=O) groups is 1. The molecule has 0 amide bonds. The van der Waals surface area contributed by atoms with Crippen LogP contribution in [0.2, 0.25) is 0 Å². The fraction of sp³-hybridized carbons (Fsp3) is 0.222. The van der Waals surface area contributed by atoms with Gasteiger partial charge in [0.1, 0.15) is 0 Å². The van der Waals surface area contributed by atoms with Gasteiger partial charge in [0.2, 0.25) is 0 Å². The summed E-state index contributed by atoms with van der Waals surface area (Å²) < 4.78 is 18.6. The van der Waals surface area contributed by atoms with E-state index in [1.807, 2.05) is 0 Å². The van der Waals surface area contributed by atoms with Crippen LogP contribution in [-0.4, -0.2) is 17.7 Å². The molecule has 1 aromatic carbocycles. The van der Waals surface area contributed by atoms with E-state index in [1.54, 1.807) is 19.1 Å². The molecule has 14 heavy (non-hydrogen) atoms. The molecule has 0 bridgehead atoms. The van der Waals surface area contributed by atoms with Crippen LogP contribution in [0.15, 0.2) is 16.6 Å². The summed E-state index contributed by atoms with van der Waals surface area (Å²) in [6.07, 6.45) is 0. The molecule has 0 saturated carbocycles. The molecular formula is C9H8BrFO3. The van der Waals surface area contributed by atoms with Gasteiger partial charge in [-0.25, -0.2) is 9.18 Å². The molecule has 0 aliphatic heterocycles. The molecule has 0 saturated heterocycles. The van der Waals surface area contributed by atoms with Gasteiger partial charge in [0, 0.05) is 0 Å². The van der Waals surface area contributed by atoms with E-state index in [-0.39, 0.29) is 5.75 Å². The maximum Gasteiger partial charge on any atom is 0.341 e. The Morgan fingerprint density at radius 3 is 2.86 bits per heavy atom. The lowest BCUT2D eigenvalue weighted by atomic mass is 10.2. The van der Waals surface area contributed by atoms with Gasteiger partial charge in [-0.1, -0.05) is 6.07 Å². The molecule has 0 aliphatic rings. The second kappa shape index (κ2) is 4.41. The van der Waals surface area contributed by atoms with Crippen molar-refractivity contribution < 1.29 is 19.0 Å². The van der Waals surface area contributed by atoms with Crippen LogP contribution in [0.1, 0.15) is 5.56 Å². The number of ether oxygens (including phenoxy) is 1. The molecule has 1 N–H and O–H groups in total. The average molecular weight is 263 g/mol. The Labute approximate surface area is 88.6 Å². The molecule has 3 nitrogen and oxygen atoms in total. The van der Waals surface area contributed by atoms with Gasteiger partial charge in [-0.05, 0) is 34.5 Å². The number of halogens is 2. The van der Waals surface area contributed by atoms with Crippen LogP contribution in [-0.2, 0) is 4.79 Å². The van der Waals surface area contributed by atoms with E-state index in [0.29, 0.717) is 10.0 Å². The SMILES string of the molecule is Cc1ccc(Br)c(OCC(=O)O)c1F. The highest BCUT2D eigenvalue weighted by molar-refractivity contribution is 9.10. The van der Waals surface area contributed by atoms with Crippen LogP contribution in [0.3, 0.4) is 0 Å². The first-order valence-corrected chi connectivity index (χ1v) is 4.61. The third-order valence-corrected chi connectivity index (χ3v) is 2.21. The van der Waals surface area contributed by atoms with Crippen molar-refractivity contribution in [2.75, 3.05) is 6.61 Å². The summed E-state index contributed by atoms with van der Waals surface area (Å²) in [5, 5.41) is 8.36. The summed E-state index contributed by atoms with van der Waals surface area (Å²) in [6, 6.07) is 3.18. The molecule has 1 rings (SSSR count). The predicted molar refractivity (Wildman–Crippen MR) is 52.0 cm³/mol. The van der Waals surface area contributed by atoms with Gasteiger partial charge in [-0.2, -0.15) is 0 Å². The number of carboxylic acid groups (broad SMARTS) is 1.